The standard InChI is InChI=1S/C80H44F2N2/c81-49-31-27-47(28-32-49)53-37-36-52(46-17-5-2-6-18-46)73-63-43-69(83-65-23-11-7-19-55(65)56-20-8-12-24-66(56)83)77-61-41-39-59-71-51(45-15-3-1-4-16-45)35-38-54(48-29-33-50(82)34-30-48)74(71)64-44-70(84-67-25-13-9-21-57(67)58-22-10-14-26-68(58)84)78(79(61)75(59)64)62-42-40-60(72(53)73)76(63)80(62)77/h1-44H. The lowest BCUT2D eigenvalue weighted by molar-refractivity contribution is 0.627. The van der Waals surface area contributed by atoms with Gasteiger partial charge in [-0.15, -0.1) is 0 Å². The Morgan fingerprint density at radius 2 is 0.488 bits per heavy atom. The number of hydrogen-bond donors (Lipinski definition) is 0. The van der Waals surface area contributed by atoms with Crippen molar-refractivity contribution in [1.82, 2.24) is 9.13 Å². The number of hydrogen-bond acceptors (Lipinski definition) is 0. The molecule has 0 N–H and O–H groups in total. The van der Waals surface area contributed by atoms with Crippen LogP contribution in [0.3, 0.4) is 0 Å². The van der Waals surface area contributed by atoms with E-state index in [0.717, 1.165) is 111 Å². The minimum Gasteiger partial charge on any atom is -0.309 e. The van der Waals surface area contributed by atoms with Crippen molar-refractivity contribution < 1.29 is 8.78 Å². The lowest BCUT2D eigenvalue weighted by Gasteiger charge is -2.23. The van der Waals surface area contributed by atoms with Crippen molar-refractivity contribution in [1.29, 1.82) is 0 Å². The number of benzene rings is 15. The summed E-state index contributed by atoms with van der Waals surface area (Å²) in [5.74, 6) is -0.526. The van der Waals surface area contributed by atoms with Crippen molar-refractivity contribution in [3.63, 3.8) is 0 Å². The summed E-state index contributed by atoms with van der Waals surface area (Å²) in [5, 5.41) is 14.3. The first kappa shape index (κ1) is 45.8. The third kappa shape index (κ3) is 6.00. The van der Waals surface area contributed by atoms with Gasteiger partial charge in [-0.2, -0.15) is 0 Å². The maximum atomic E-state index is 15.0. The van der Waals surface area contributed by atoms with Gasteiger partial charge in [0, 0.05) is 43.1 Å². The molecule has 84 heavy (non-hydrogen) atoms. The summed E-state index contributed by atoms with van der Waals surface area (Å²) in [6.45, 7) is 0. The smallest absolute Gasteiger partial charge is 0.123 e. The molecule has 2 aliphatic rings. The van der Waals surface area contributed by atoms with Gasteiger partial charge in [0.1, 0.15) is 11.6 Å². The van der Waals surface area contributed by atoms with E-state index >= 15 is 4.39 Å². The molecule has 0 radical (unpaired) electrons. The summed E-state index contributed by atoms with van der Waals surface area (Å²) >= 11 is 0. The van der Waals surface area contributed by atoms with E-state index in [-0.39, 0.29) is 11.6 Å². The highest BCUT2D eigenvalue weighted by Crippen LogP contribution is 2.63. The Bertz CT molecular complexity index is 5580. The van der Waals surface area contributed by atoms with Gasteiger partial charge in [-0.1, -0.05) is 206 Å². The molecule has 0 unspecified atom stereocenters. The van der Waals surface area contributed by atoms with Gasteiger partial charge in [0.15, 0.2) is 0 Å². The normalized spacial score (nSPS) is 12.4. The van der Waals surface area contributed by atoms with Gasteiger partial charge in [0.25, 0.3) is 0 Å². The summed E-state index contributed by atoms with van der Waals surface area (Å²) in [6.07, 6.45) is 0. The fourth-order valence-electron chi connectivity index (χ4n) is 15.4. The highest BCUT2D eigenvalue weighted by molar-refractivity contribution is 6.44. The topological polar surface area (TPSA) is 9.86 Å². The van der Waals surface area contributed by atoms with Crippen molar-refractivity contribution in [2.24, 2.45) is 0 Å². The van der Waals surface area contributed by atoms with Crippen LogP contribution in [0, 0.1) is 11.6 Å². The van der Waals surface area contributed by atoms with Crippen LogP contribution >= 0.6 is 0 Å². The average Bonchev–Trinajstić information content (AvgIpc) is 1.50. The summed E-state index contributed by atoms with van der Waals surface area (Å²) in [6, 6.07) is 94.7. The van der Waals surface area contributed by atoms with Gasteiger partial charge in [-0.3, -0.25) is 0 Å². The molecule has 0 fully saturated rings. The zero-order valence-electron chi connectivity index (χ0n) is 45.1. The predicted molar refractivity (Wildman–Crippen MR) is 347 cm³/mol. The summed E-state index contributed by atoms with van der Waals surface area (Å²) in [5.41, 5.74) is 24.6. The van der Waals surface area contributed by atoms with Crippen molar-refractivity contribution in [3.8, 4) is 100 Å². The third-order valence-corrected chi connectivity index (χ3v) is 18.7. The molecule has 2 heterocycles. The Kier molecular flexibility index (Phi) is 9.16. The molecular weight excluding hydrogens is 1030 g/mol. The first-order chi connectivity index (χ1) is 41.6. The van der Waals surface area contributed by atoms with Gasteiger partial charge < -0.3 is 9.13 Å². The van der Waals surface area contributed by atoms with Gasteiger partial charge in [-0.25, -0.2) is 8.78 Å². The quantitative estimate of drug-likeness (QED) is 0.116. The predicted octanol–water partition coefficient (Wildman–Crippen LogP) is 22.2. The lowest BCUT2D eigenvalue weighted by Crippen LogP contribution is -2.01. The molecule has 17 aromatic rings. The number of aromatic nitrogens is 2. The molecule has 4 heteroatoms. The Morgan fingerprint density at radius 1 is 0.202 bits per heavy atom. The van der Waals surface area contributed by atoms with E-state index in [0.29, 0.717) is 0 Å². The molecule has 15 aromatic carbocycles. The van der Waals surface area contributed by atoms with Gasteiger partial charge in [0.05, 0.1) is 33.4 Å². The molecule has 0 spiro atoms. The van der Waals surface area contributed by atoms with Crippen LogP contribution in [0.5, 0.6) is 0 Å². The van der Waals surface area contributed by atoms with Crippen molar-refractivity contribution in [3.05, 3.63) is 279 Å². The molecule has 0 aliphatic heterocycles. The lowest BCUT2D eigenvalue weighted by atomic mass is 9.84. The van der Waals surface area contributed by atoms with Crippen LogP contribution < -0.4 is 0 Å². The van der Waals surface area contributed by atoms with Crippen LogP contribution in [0.15, 0.2) is 267 Å². The number of para-hydroxylation sites is 4. The van der Waals surface area contributed by atoms with Crippen LogP contribution in [0.25, 0.3) is 187 Å². The molecular formula is C80H44F2N2. The van der Waals surface area contributed by atoms with Crippen molar-refractivity contribution >= 4 is 86.7 Å². The van der Waals surface area contributed by atoms with Crippen molar-refractivity contribution in [2.75, 3.05) is 0 Å². The number of rotatable bonds is 6. The minimum atomic E-state index is -0.264. The van der Waals surface area contributed by atoms with E-state index in [2.05, 4.69) is 228 Å². The molecule has 0 amide bonds. The van der Waals surface area contributed by atoms with E-state index in [4.69, 9.17) is 0 Å². The second kappa shape index (κ2) is 16.8. The van der Waals surface area contributed by atoms with E-state index in [1.54, 1.807) is 24.3 Å². The van der Waals surface area contributed by atoms with E-state index in [1.165, 1.54) is 76.1 Å². The first-order valence-electron chi connectivity index (χ1n) is 28.8. The fourth-order valence-corrected chi connectivity index (χ4v) is 15.4. The second-order valence-electron chi connectivity index (χ2n) is 22.8. The van der Waals surface area contributed by atoms with E-state index < -0.39 is 0 Å². The second-order valence-corrected chi connectivity index (χ2v) is 22.8. The Morgan fingerprint density at radius 3 is 0.833 bits per heavy atom. The molecule has 0 saturated carbocycles. The molecule has 2 aromatic heterocycles. The molecule has 0 saturated heterocycles. The van der Waals surface area contributed by atoms with Crippen LogP contribution in [0.4, 0.5) is 8.78 Å². The SMILES string of the molecule is Fc1ccc(-c2ccc(-c3ccccc3)c3c2-c2ccc4c5c(-n6c7ccccc7c7ccccc76)cc6c7c(ccc(c8c(-n9c%10ccccc%10c%10ccccc%109)cc-3c2c48)c75)-c2c(-c3ccccc3)ccc(-c3ccc(F)cc3)c2-6)cc1. The van der Waals surface area contributed by atoms with Crippen LogP contribution in [-0.4, -0.2) is 9.13 Å². The fraction of sp³-hybridized carbons (Fsp3) is 0. The largest absolute Gasteiger partial charge is 0.309 e. The molecule has 0 atom stereocenters. The number of fused-ring (bicyclic) bond motifs is 14. The highest BCUT2D eigenvalue weighted by Gasteiger charge is 2.36. The third-order valence-electron chi connectivity index (χ3n) is 18.7. The zero-order chi connectivity index (χ0) is 55.1. The Hall–Kier alpha value is -10.9. The van der Waals surface area contributed by atoms with E-state index in [1.807, 2.05) is 24.3 Å². The molecule has 2 aliphatic carbocycles. The summed E-state index contributed by atoms with van der Waals surface area (Å²) in [7, 11) is 0. The highest BCUT2D eigenvalue weighted by atomic mass is 19.1. The first-order valence-corrected chi connectivity index (χ1v) is 28.8. The molecule has 388 valence electrons. The van der Waals surface area contributed by atoms with Crippen molar-refractivity contribution in [2.45, 2.75) is 0 Å². The van der Waals surface area contributed by atoms with Gasteiger partial charge in [-0.05, 0) is 171 Å². The van der Waals surface area contributed by atoms with Crippen LogP contribution in [-0.2, 0) is 0 Å². The number of nitrogens with zero attached hydrogens (tertiary/aromatic N) is 2. The van der Waals surface area contributed by atoms with Gasteiger partial charge in [0.2, 0.25) is 0 Å². The minimum absolute atomic E-state index is 0.262. The summed E-state index contributed by atoms with van der Waals surface area (Å²) < 4.78 is 35.0. The monoisotopic (exact) mass is 1070 g/mol. The summed E-state index contributed by atoms with van der Waals surface area (Å²) in [4.78, 5) is 0. The number of halogens is 2. The van der Waals surface area contributed by atoms with Crippen LogP contribution in [0.1, 0.15) is 0 Å². The molecule has 19 rings (SSSR count). The Labute approximate surface area is 480 Å². The maximum absolute atomic E-state index is 15.0. The van der Waals surface area contributed by atoms with Gasteiger partial charge >= 0.3 is 0 Å². The Balaban J connectivity index is 1.07. The van der Waals surface area contributed by atoms with Crippen LogP contribution in [0.2, 0.25) is 0 Å². The maximum Gasteiger partial charge on any atom is 0.123 e. The molecule has 2 nitrogen and oxygen atoms in total. The zero-order valence-corrected chi connectivity index (χ0v) is 45.1. The molecule has 0 bridgehead atoms. The average molecular weight is 1070 g/mol. The van der Waals surface area contributed by atoms with E-state index in [9.17, 15) is 4.39 Å².